The molecule has 1 aromatic heterocycles. The standard InChI is InChI=1S/C28H30BrN3O/c1-18-16-19(2)21(4)24(20(18)3)17-32-26-9-6-5-8-25(26)31-27(32)10-7-15-30-28(33)22-11-13-23(29)14-12-22/h5-6,8-9,11-14,16H,7,10,15,17H2,1-4H3,(H,30,33). The zero-order valence-electron chi connectivity index (χ0n) is 19.7. The van der Waals surface area contributed by atoms with Crippen LogP contribution in [-0.4, -0.2) is 22.0 Å². The molecular weight excluding hydrogens is 474 g/mol. The second-order valence-electron chi connectivity index (χ2n) is 8.71. The molecule has 0 aliphatic heterocycles. The van der Waals surface area contributed by atoms with Crippen LogP contribution >= 0.6 is 15.9 Å². The van der Waals surface area contributed by atoms with Crippen molar-refractivity contribution in [3.8, 4) is 0 Å². The molecule has 0 unspecified atom stereocenters. The summed E-state index contributed by atoms with van der Waals surface area (Å²) in [4.78, 5) is 17.4. The Hall–Kier alpha value is -2.92. The van der Waals surface area contributed by atoms with Crippen LogP contribution in [0.2, 0.25) is 0 Å². The largest absolute Gasteiger partial charge is 0.352 e. The van der Waals surface area contributed by atoms with Crippen LogP contribution in [-0.2, 0) is 13.0 Å². The van der Waals surface area contributed by atoms with Gasteiger partial charge in [-0.2, -0.15) is 0 Å². The van der Waals surface area contributed by atoms with E-state index in [4.69, 9.17) is 4.98 Å². The molecule has 4 nitrogen and oxygen atoms in total. The number of imidazole rings is 1. The van der Waals surface area contributed by atoms with Crippen LogP contribution in [0.3, 0.4) is 0 Å². The van der Waals surface area contributed by atoms with E-state index >= 15 is 0 Å². The summed E-state index contributed by atoms with van der Waals surface area (Å²) in [5.41, 5.74) is 9.58. The molecule has 0 saturated carbocycles. The Balaban J connectivity index is 1.52. The maximum absolute atomic E-state index is 12.4. The highest BCUT2D eigenvalue weighted by molar-refractivity contribution is 9.10. The molecule has 33 heavy (non-hydrogen) atoms. The van der Waals surface area contributed by atoms with E-state index in [1.807, 2.05) is 30.3 Å². The molecule has 0 aliphatic rings. The van der Waals surface area contributed by atoms with Crippen molar-refractivity contribution >= 4 is 32.9 Å². The summed E-state index contributed by atoms with van der Waals surface area (Å²) in [7, 11) is 0. The van der Waals surface area contributed by atoms with Crippen LogP contribution in [0.1, 0.15) is 50.4 Å². The molecule has 1 N–H and O–H groups in total. The summed E-state index contributed by atoms with van der Waals surface area (Å²) >= 11 is 3.40. The molecule has 0 aliphatic carbocycles. The van der Waals surface area contributed by atoms with Gasteiger partial charge in [0.1, 0.15) is 5.82 Å². The van der Waals surface area contributed by atoms with E-state index in [0.717, 1.165) is 40.7 Å². The molecule has 4 rings (SSSR count). The normalized spacial score (nSPS) is 11.2. The number of nitrogens with zero attached hydrogens (tertiary/aromatic N) is 2. The van der Waals surface area contributed by atoms with Gasteiger partial charge in [0.2, 0.25) is 0 Å². The second-order valence-corrected chi connectivity index (χ2v) is 9.62. The summed E-state index contributed by atoms with van der Waals surface area (Å²) in [6, 6.07) is 18.0. The van der Waals surface area contributed by atoms with Crippen LogP contribution in [0.4, 0.5) is 0 Å². The number of rotatable bonds is 7. The van der Waals surface area contributed by atoms with E-state index in [0.29, 0.717) is 12.1 Å². The third-order valence-electron chi connectivity index (χ3n) is 6.54. The van der Waals surface area contributed by atoms with Crippen LogP contribution in [0, 0.1) is 27.7 Å². The van der Waals surface area contributed by atoms with Crippen molar-refractivity contribution in [3.05, 3.63) is 98.3 Å². The topological polar surface area (TPSA) is 46.9 Å². The number of nitrogens with one attached hydrogen (secondary N) is 1. The van der Waals surface area contributed by atoms with Gasteiger partial charge in [0.15, 0.2) is 0 Å². The minimum atomic E-state index is -0.0440. The number of fused-ring (bicyclic) bond motifs is 1. The Morgan fingerprint density at radius 1 is 0.970 bits per heavy atom. The number of aromatic nitrogens is 2. The van der Waals surface area contributed by atoms with Crippen LogP contribution in [0.5, 0.6) is 0 Å². The third-order valence-corrected chi connectivity index (χ3v) is 7.07. The van der Waals surface area contributed by atoms with Crippen molar-refractivity contribution in [2.24, 2.45) is 0 Å². The lowest BCUT2D eigenvalue weighted by molar-refractivity contribution is 0.0953. The summed E-state index contributed by atoms with van der Waals surface area (Å²) in [6.07, 6.45) is 1.63. The number of para-hydroxylation sites is 2. The van der Waals surface area contributed by atoms with Crippen molar-refractivity contribution in [1.82, 2.24) is 14.9 Å². The summed E-state index contributed by atoms with van der Waals surface area (Å²) in [6.45, 7) is 10.2. The summed E-state index contributed by atoms with van der Waals surface area (Å²) in [5, 5.41) is 3.03. The van der Waals surface area contributed by atoms with Gasteiger partial charge in [-0.15, -0.1) is 0 Å². The minimum Gasteiger partial charge on any atom is -0.352 e. The Bertz CT molecular complexity index is 1280. The average molecular weight is 504 g/mol. The van der Waals surface area contributed by atoms with Crippen LogP contribution < -0.4 is 5.32 Å². The predicted octanol–water partition coefficient (Wildman–Crippen LogP) is 6.44. The monoisotopic (exact) mass is 503 g/mol. The quantitative estimate of drug-likeness (QED) is 0.294. The van der Waals surface area contributed by atoms with Gasteiger partial charge in [-0.05, 0) is 98.3 Å². The van der Waals surface area contributed by atoms with Gasteiger partial charge in [-0.1, -0.05) is 34.1 Å². The Kier molecular flexibility index (Phi) is 6.99. The molecule has 170 valence electrons. The predicted molar refractivity (Wildman–Crippen MR) is 139 cm³/mol. The molecule has 0 radical (unpaired) electrons. The van der Waals surface area contributed by atoms with Crippen molar-refractivity contribution in [2.45, 2.75) is 47.1 Å². The van der Waals surface area contributed by atoms with Crippen molar-refractivity contribution in [3.63, 3.8) is 0 Å². The zero-order chi connectivity index (χ0) is 23.5. The van der Waals surface area contributed by atoms with E-state index in [-0.39, 0.29) is 5.91 Å². The number of carbonyl (C=O) groups excluding carboxylic acids is 1. The molecule has 0 bridgehead atoms. The van der Waals surface area contributed by atoms with E-state index in [2.05, 4.69) is 77.8 Å². The van der Waals surface area contributed by atoms with Crippen LogP contribution in [0.25, 0.3) is 11.0 Å². The molecule has 1 amide bonds. The Morgan fingerprint density at radius 2 is 1.64 bits per heavy atom. The smallest absolute Gasteiger partial charge is 0.251 e. The number of hydrogen-bond acceptors (Lipinski definition) is 2. The van der Waals surface area contributed by atoms with Gasteiger partial charge in [0.05, 0.1) is 11.0 Å². The number of amides is 1. The first-order valence-corrected chi connectivity index (χ1v) is 12.2. The maximum Gasteiger partial charge on any atom is 0.251 e. The molecule has 5 heteroatoms. The van der Waals surface area contributed by atoms with Gasteiger partial charge < -0.3 is 9.88 Å². The number of benzene rings is 3. The lowest BCUT2D eigenvalue weighted by atomic mass is 9.94. The molecule has 0 saturated heterocycles. The maximum atomic E-state index is 12.4. The van der Waals surface area contributed by atoms with Gasteiger partial charge in [0.25, 0.3) is 5.91 Å². The van der Waals surface area contributed by atoms with E-state index in [9.17, 15) is 4.79 Å². The molecule has 3 aromatic carbocycles. The fraction of sp³-hybridized carbons (Fsp3) is 0.286. The van der Waals surface area contributed by atoms with Gasteiger partial charge in [0, 0.05) is 29.5 Å². The minimum absolute atomic E-state index is 0.0440. The van der Waals surface area contributed by atoms with Crippen molar-refractivity contribution < 1.29 is 4.79 Å². The number of halogens is 1. The van der Waals surface area contributed by atoms with Gasteiger partial charge >= 0.3 is 0 Å². The van der Waals surface area contributed by atoms with Gasteiger partial charge in [-0.3, -0.25) is 4.79 Å². The molecular formula is C28H30BrN3O. The molecule has 0 atom stereocenters. The highest BCUT2D eigenvalue weighted by Crippen LogP contribution is 2.26. The van der Waals surface area contributed by atoms with E-state index in [1.54, 1.807) is 0 Å². The number of hydrogen-bond donors (Lipinski definition) is 1. The molecule has 4 aromatic rings. The fourth-order valence-corrected chi connectivity index (χ4v) is 4.60. The number of carbonyl (C=O) groups is 1. The summed E-state index contributed by atoms with van der Waals surface area (Å²) in [5.74, 6) is 1.02. The van der Waals surface area contributed by atoms with Crippen molar-refractivity contribution in [2.75, 3.05) is 6.54 Å². The molecule has 0 spiro atoms. The molecule has 0 fully saturated rings. The first-order chi connectivity index (χ1) is 15.8. The van der Waals surface area contributed by atoms with Gasteiger partial charge in [-0.25, -0.2) is 4.98 Å². The second kappa shape index (κ2) is 9.92. The van der Waals surface area contributed by atoms with Crippen LogP contribution in [0.15, 0.2) is 59.1 Å². The highest BCUT2D eigenvalue weighted by Gasteiger charge is 2.15. The third kappa shape index (κ3) is 5.03. The lowest BCUT2D eigenvalue weighted by Crippen LogP contribution is -2.25. The SMILES string of the molecule is Cc1cc(C)c(C)c(Cn2c(CCCNC(=O)c3ccc(Br)cc3)nc3ccccc32)c1C. The Morgan fingerprint density at radius 3 is 2.33 bits per heavy atom. The summed E-state index contributed by atoms with van der Waals surface area (Å²) < 4.78 is 3.31. The lowest BCUT2D eigenvalue weighted by Gasteiger charge is -2.18. The first kappa shape index (κ1) is 23.2. The van der Waals surface area contributed by atoms with Crippen molar-refractivity contribution in [1.29, 1.82) is 0 Å². The fourth-order valence-electron chi connectivity index (χ4n) is 4.34. The number of aryl methyl sites for hydroxylation is 3. The average Bonchev–Trinajstić information content (AvgIpc) is 3.15. The van der Waals surface area contributed by atoms with E-state index < -0.39 is 0 Å². The zero-order valence-corrected chi connectivity index (χ0v) is 21.3. The molecule has 1 heterocycles. The Labute approximate surface area is 204 Å². The highest BCUT2D eigenvalue weighted by atomic mass is 79.9. The van der Waals surface area contributed by atoms with E-state index in [1.165, 1.54) is 27.8 Å². The first-order valence-electron chi connectivity index (χ1n) is 11.4.